The molecule has 0 aliphatic rings. The average molecular weight is 313 g/mol. The molecule has 0 fully saturated rings. The van der Waals surface area contributed by atoms with Crippen LogP contribution in [0.5, 0.6) is 0 Å². The summed E-state index contributed by atoms with van der Waals surface area (Å²) in [6, 6.07) is 8.64. The van der Waals surface area contributed by atoms with Crippen molar-refractivity contribution >= 4 is 16.3 Å². The number of thiazole rings is 1. The molecule has 0 radical (unpaired) electrons. The third-order valence-electron chi connectivity index (χ3n) is 3.56. The van der Waals surface area contributed by atoms with Crippen molar-refractivity contribution in [3.05, 3.63) is 46.9 Å². The molecule has 0 amide bonds. The van der Waals surface area contributed by atoms with Gasteiger partial charge in [-0.2, -0.15) is 5.26 Å². The van der Waals surface area contributed by atoms with E-state index < -0.39 is 0 Å². The van der Waals surface area contributed by atoms with Crippen LogP contribution in [-0.2, 0) is 11.8 Å². The molecule has 3 aromatic rings. The third-order valence-corrected chi connectivity index (χ3v) is 4.38. The molecule has 112 valence electrons. The van der Waals surface area contributed by atoms with Gasteiger partial charge in [0.15, 0.2) is 4.96 Å². The molecule has 0 spiro atoms. The number of aromatic nitrogens is 2. The van der Waals surface area contributed by atoms with Gasteiger partial charge in [0.1, 0.15) is 5.82 Å². The Morgan fingerprint density at radius 3 is 2.55 bits per heavy atom. The van der Waals surface area contributed by atoms with Crippen molar-refractivity contribution in [2.24, 2.45) is 0 Å². The van der Waals surface area contributed by atoms with Crippen LogP contribution in [0.25, 0.3) is 16.2 Å². The van der Waals surface area contributed by atoms with Crippen LogP contribution in [0.1, 0.15) is 32.2 Å². The second-order valence-corrected chi connectivity index (χ2v) is 7.07. The van der Waals surface area contributed by atoms with E-state index in [0.29, 0.717) is 6.42 Å². The highest BCUT2D eigenvalue weighted by Gasteiger charge is 2.25. The van der Waals surface area contributed by atoms with Crippen LogP contribution >= 0.6 is 11.3 Å². The van der Waals surface area contributed by atoms with Crippen molar-refractivity contribution < 1.29 is 4.39 Å². The fourth-order valence-electron chi connectivity index (χ4n) is 2.58. The molecule has 3 nitrogen and oxygen atoms in total. The van der Waals surface area contributed by atoms with Gasteiger partial charge in [-0.25, -0.2) is 9.37 Å². The van der Waals surface area contributed by atoms with E-state index in [1.54, 1.807) is 12.1 Å². The van der Waals surface area contributed by atoms with Gasteiger partial charge in [0, 0.05) is 10.8 Å². The molecule has 0 unspecified atom stereocenters. The number of imidazole rings is 1. The van der Waals surface area contributed by atoms with Crippen LogP contribution in [0.4, 0.5) is 4.39 Å². The predicted molar refractivity (Wildman–Crippen MR) is 86.5 cm³/mol. The number of fused-ring (bicyclic) bond motifs is 1. The van der Waals surface area contributed by atoms with Gasteiger partial charge in [-0.1, -0.05) is 20.8 Å². The van der Waals surface area contributed by atoms with Crippen LogP contribution in [0, 0.1) is 17.1 Å². The number of nitriles is 1. The lowest BCUT2D eigenvalue weighted by atomic mass is 9.90. The molecule has 0 N–H and O–H groups in total. The molecule has 3 rings (SSSR count). The van der Waals surface area contributed by atoms with Gasteiger partial charge in [0.2, 0.25) is 0 Å². The molecule has 22 heavy (non-hydrogen) atoms. The summed E-state index contributed by atoms with van der Waals surface area (Å²) in [6.45, 7) is 6.29. The van der Waals surface area contributed by atoms with Gasteiger partial charge in [0.25, 0.3) is 0 Å². The van der Waals surface area contributed by atoms with Crippen molar-refractivity contribution in [1.29, 1.82) is 5.26 Å². The quantitative estimate of drug-likeness (QED) is 0.695. The maximum atomic E-state index is 13.1. The summed E-state index contributed by atoms with van der Waals surface area (Å²) in [6.07, 6.45) is 0.304. The summed E-state index contributed by atoms with van der Waals surface area (Å²) in [5.74, 6) is -0.256. The number of nitrogens with zero attached hydrogens (tertiary/aromatic N) is 3. The largest absolute Gasteiger partial charge is 0.286 e. The Morgan fingerprint density at radius 1 is 1.27 bits per heavy atom. The third kappa shape index (κ3) is 2.40. The summed E-state index contributed by atoms with van der Waals surface area (Å²) in [4.78, 5) is 5.59. The van der Waals surface area contributed by atoms with Crippen LogP contribution in [0.3, 0.4) is 0 Å². The van der Waals surface area contributed by atoms with Gasteiger partial charge in [-0.15, -0.1) is 11.3 Å². The van der Waals surface area contributed by atoms with Crippen molar-refractivity contribution in [2.45, 2.75) is 32.6 Å². The van der Waals surface area contributed by atoms with E-state index >= 15 is 0 Å². The van der Waals surface area contributed by atoms with E-state index in [1.165, 1.54) is 23.5 Å². The Labute approximate surface area is 132 Å². The monoisotopic (exact) mass is 313 g/mol. The number of rotatable bonds is 2. The first kappa shape index (κ1) is 14.7. The molecule has 2 aromatic heterocycles. The summed E-state index contributed by atoms with van der Waals surface area (Å²) in [7, 11) is 0. The molecule has 0 bridgehead atoms. The summed E-state index contributed by atoms with van der Waals surface area (Å²) in [5, 5.41) is 11.2. The maximum Gasteiger partial charge on any atom is 0.194 e. The zero-order valence-corrected chi connectivity index (χ0v) is 13.5. The molecular weight excluding hydrogens is 297 g/mol. The van der Waals surface area contributed by atoms with E-state index in [2.05, 4.69) is 26.8 Å². The first-order valence-corrected chi connectivity index (χ1v) is 7.92. The lowest BCUT2D eigenvalue weighted by Gasteiger charge is -2.17. The second kappa shape index (κ2) is 5.22. The zero-order valence-electron chi connectivity index (χ0n) is 12.7. The zero-order chi connectivity index (χ0) is 15.9. The van der Waals surface area contributed by atoms with E-state index in [0.717, 1.165) is 27.6 Å². The number of hydrogen-bond donors (Lipinski definition) is 0. The minimum absolute atomic E-state index is 0.127. The topological polar surface area (TPSA) is 41.1 Å². The molecule has 1 aromatic carbocycles. The van der Waals surface area contributed by atoms with Crippen LogP contribution < -0.4 is 0 Å². The Kier molecular flexibility index (Phi) is 3.50. The first-order chi connectivity index (χ1) is 10.4. The summed E-state index contributed by atoms with van der Waals surface area (Å²) >= 11 is 1.54. The fourth-order valence-corrected chi connectivity index (χ4v) is 3.49. The van der Waals surface area contributed by atoms with Gasteiger partial charge in [-0.3, -0.25) is 4.40 Å². The number of hydrogen-bond acceptors (Lipinski definition) is 3. The second-order valence-electron chi connectivity index (χ2n) is 6.24. The van der Waals surface area contributed by atoms with Crippen LogP contribution in [0.2, 0.25) is 0 Å². The highest BCUT2D eigenvalue weighted by atomic mass is 32.1. The Bertz CT molecular complexity index is 860. The Balaban J connectivity index is 2.27. The van der Waals surface area contributed by atoms with Crippen molar-refractivity contribution in [1.82, 2.24) is 9.38 Å². The molecular formula is C17H16FN3S. The molecule has 0 aliphatic carbocycles. The van der Waals surface area contributed by atoms with Gasteiger partial charge < -0.3 is 0 Å². The SMILES string of the molecule is CC(C)(C)c1nc2scc(-c3ccc(F)cc3)n2c1CC#N. The molecule has 2 heterocycles. The van der Waals surface area contributed by atoms with E-state index in [9.17, 15) is 9.65 Å². The molecule has 5 heteroatoms. The van der Waals surface area contributed by atoms with Crippen LogP contribution in [-0.4, -0.2) is 9.38 Å². The van der Waals surface area contributed by atoms with E-state index in [1.807, 2.05) is 9.78 Å². The highest BCUT2D eigenvalue weighted by molar-refractivity contribution is 7.15. The van der Waals surface area contributed by atoms with Crippen molar-refractivity contribution in [3.8, 4) is 17.3 Å². The Hall–Kier alpha value is -2.19. The first-order valence-electron chi connectivity index (χ1n) is 7.04. The lowest BCUT2D eigenvalue weighted by molar-refractivity contribution is 0.566. The maximum absolute atomic E-state index is 13.1. The normalized spacial score (nSPS) is 11.8. The average Bonchev–Trinajstić information content (AvgIpc) is 3.00. The standard InChI is InChI=1S/C17H16FN3S/c1-17(2,3)15-13(8-9-19)21-14(10-22-16(21)20-15)11-4-6-12(18)7-5-11/h4-7,10H,8H2,1-3H3. The van der Waals surface area contributed by atoms with Gasteiger partial charge >= 0.3 is 0 Å². The molecule has 0 aliphatic heterocycles. The minimum Gasteiger partial charge on any atom is -0.286 e. The minimum atomic E-state index is -0.256. The van der Waals surface area contributed by atoms with E-state index in [-0.39, 0.29) is 11.2 Å². The predicted octanol–water partition coefficient (Wildman–Crippen LogP) is 4.57. The Morgan fingerprint density at radius 2 is 1.95 bits per heavy atom. The summed E-state index contributed by atoms with van der Waals surface area (Å²) in [5.41, 5.74) is 3.62. The van der Waals surface area contributed by atoms with Crippen molar-refractivity contribution in [3.63, 3.8) is 0 Å². The lowest BCUT2D eigenvalue weighted by Crippen LogP contribution is -2.15. The number of halogens is 1. The van der Waals surface area contributed by atoms with Gasteiger partial charge in [0.05, 0.1) is 29.6 Å². The molecule has 0 saturated carbocycles. The van der Waals surface area contributed by atoms with E-state index in [4.69, 9.17) is 4.98 Å². The van der Waals surface area contributed by atoms with Crippen LogP contribution in [0.15, 0.2) is 29.6 Å². The number of benzene rings is 1. The smallest absolute Gasteiger partial charge is 0.194 e. The molecule has 0 atom stereocenters. The molecule has 0 saturated heterocycles. The van der Waals surface area contributed by atoms with Gasteiger partial charge in [-0.05, 0) is 29.8 Å². The summed E-state index contributed by atoms with van der Waals surface area (Å²) < 4.78 is 15.2. The highest BCUT2D eigenvalue weighted by Crippen LogP contribution is 2.33. The fraction of sp³-hybridized carbons (Fsp3) is 0.294. The van der Waals surface area contributed by atoms with Crippen molar-refractivity contribution in [2.75, 3.05) is 0 Å².